The Morgan fingerprint density at radius 3 is 2.41 bits per heavy atom. The molecule has 0 bridgehead atoms. The van der Waals surface area contributed by atoms with Crippen molar-refractivity contribution in [3.8, 4) is 0 Å². The minimum absolute atomic E-state index is 0.0449. The highest BCUT2D eigenvalue weighted by Crippen LogP contribution is 2.41. The fourth-order valence-corrected chi connectivity index (χ4v) is 4.02. The van der Waals surface area contributed by atoms with Crippen molar-refractivity contribution in [3.05, 3.63) is 54.7 Å². The fourth-order valence-electron chi connectivity index (χ4n) is 1.44. The monoisotopic (exact) mass is 368 g/mol. The average molecular weight is 371 g/mol. The topological polar surface area (TPSA) is 0 Å². The fraction of sp³-hybridized carbons (Fsp3) is 0.167. The van der Waals surface area contributed by atoms with Gasteiger partial charge in [-0.25, -0.2) is 0 Å². The molecular formula is C12H8BrCl3S. The van der Waals surface area contributed by atoms with E-state index >= 15 is 0 Å². The Kier molecular flexibility index (Phi) is 4.43. The highest BCUT2D eigenvalue weighted by molar-refractivity contribution is 9.09. The summed E-state index contributed by atoms with van der Waals surface area (Å²) in [4.78, 5) is 1.13. The average Bonchev–Trinajstić information content (AvgIpc) is 2.63. The molecule has 0 radical (unpaired) electrons. The Hall–Kier alpha value is 0.270. The minimum Gasteiger partial charge on any atom is -0.145 e. The molecule has 1 unspecified atom stereocenters. The van der Waals surface area contributed by atoms with Gasteiger partial charge < -0.3 is 0 Å². The van der Waals surface area contributed by atoms with Gasteiger partial charge in [0.15, 0.2) is 0 Å². The molecular weight excluding hydrogens is 362 g/mol. The van der Waals surface area contributed by atoms with Crippen molar-refractivity contribution in [2.24, 2.45) is 0 Å². The van der Waals surface area contributed by atoms with Gasteiger partial charge in [0.25, 0.3) is 0 Å². The molecule has 1 atom stereocenters. The highest BCUT2D eigenvalue weighted by atomic mass is 79.9. The van der Waals surface area contributed by atoms with E-state index < -0.39 is 0 Å². The summed E-state index contributed by atoms with van der Waals surface area (Å²) >= 11 is 23.4. The van der Waals surface area contributed by atoms with E-state index in [2.05, 4.69) is 15.9 Å². The first-order chi connectivity index (χ1) is 8.00. The number of halogens is 4. The Morgan fingerprint density at radius 1 is 1.18 bits per heavy atom. The minimum atomic E-state index is 0.0449. The predicted octanol–water partition coefficient (Wildman–Crippen LogP) is 6.50. The molecule has 0 saturated heterocycles. The molecule has 5 heteroatoms. The number of aryl methyl sites for hydroxylation is 1. The molecule has 0 amide bonds. The maximum Gasteiger partial charge on any atom is 0.0753 e. The molecule has 0 spiro atoms. The van der Waals surface area contributed by atoms with Crippen molar-refractivity contribution < 1.29 is 0 Å². The van der Waals surface area contributed by atoms with Gasteiger partial charge in [0.2, 0.25) is 0 Å². The third-order valence-corrected chi connectivity index (χ3v) is 6.20. The van der Waals surface area contributed by atoms with Crippen LogP contribution < -0.4 is 0 Å². The SMILES string of the molecule is Cc1csc(C(Br)c2ccc(Cl)c(Cl)c2)c1Cl. The van der Waals surface area contributed by atoms with E-state index in [-0.39, 0.29) is 4.83 Å². The zero-order chi connectivity index (χ0) is 12.6. The standard InChI is InChI=1S/C12H8BrCl3S/c1-6-5-17-12(11(6)16)10(13)7-2-3-8(14)9(15)4-7/h2-5,10H,1H3. The van der Waals surface area contributed by atoms with Crippen LogP contribution in [0.15, 0.2) is 23.6 Å². The summed E-state index contributed by atoms with van der Waals surface area (Å²) in [5.74, 6) is 0. The molecule has 1 aromatic heterocycles. The van der Waals surface area contributed by atoms with Gasteiger partial charge in [-0.2, -0.15) is 0 Å². The van der Waals surface area contributed by atoms with Gasteiger partial charge in [0.1, 0.15) is 0 Å². The van der Waals surface area contributed by atoms with E-state index in [9.17, 15) is 0 Å². The predicted molar refractivity (Wildman–Crippen MR) is 81.3 cm³/mol. The Balaban J connectivity index is 2.40. The van der Waals surface area contributed by atoms with Gasteiger partial charge in [-0.1, -0.05) is 56.8 Å². The van der Waals surface area contributed by atoms with Gasteiger partial charge in [-0.3, -0.25) is 0 Å². The molecule has 90 valence electrons. The van der Waals surface area contributed by atoms with Crippen LogP contribution in [0.4, 0.5) is 0 Å². The van der Waals surface area contributed by atoms with Crippen LogP contribution in [0.2, 0.25) is 15.1 Å². The van der Waals surface area contributed by atoms with Crippen molar-refractivity contribution in [2.75, 3.05) is 0 Å². The lowest BCUT2D eigenvalue weighted by molar-refractivity contribution is 1.22. The van der Waals surface area contributed by atoms with Crippen LogP contribution in [0.3, 0.4) is 0 Å². The number of thiophene rings is 1. The molecule has 1 aromatic carbocycles. The first-order valence-electron chi connectivity index (χ1n) is 4.83. The second kappa shape index (κ2) is 5.50. The summed E-state index contributed by atoms with van der Waals surface area (Å²) in [5, 5.41) is 3.97. The van der Waals surface area contributed by atoms with Gasteiger partial charge in [-0.15, -0.1) is 11.3 Å². The van der Waals surface area contributed by atoms with Gasteiger partial charge in [0, 0.05) is 4.88 Å². The quantitative estimate of drug-likeness (QED) is 0.529. The number of benzene rings is 1. The third kappa shape index (κ3) is 2.82. The molecule has 0 aliphatic heterocycles. The molecule has 17 heavy (non-hydrogen) atoms. The van der Waals surface area contributed by atoms with Crippen molar-refractivity contribution in [3.63, 3.8) is 0 Å². The van der Waals surface area contributed by atoms with Crippen molar-refractivity contribution in [2.45, 2.75) is 11.8 Å². The Labute approximate surface area is 128 Å². The van der Waals surface area contributed by atoms with E-state index in [0.29, 0.717) is 10.0 Å². The summed E-state index contributed by atoms with van der Waals surface area (Å²) < 4.78 is 0. The molecule has 2 aromatic rings. The number of rotatable bonds is 2. The smallest absolute Gasteiger partial charge is 0.0753 e. The van der Waals surface area contributed by atoms with E-state index in [1.54, 1.807) is 17.4 Å². The molecule has 0 N–H and O–H groups in total. The normalized spacial score (nSPS) is 12.8. The van der Waals surface area contributed by atoms with Crippen molar-refractivity contribution in [1.29, 1.82) is 0 Å². The lowest BCUT2D eigenvalue weighted by atomic mass is 10.1. The molecule has 0 fully saturated rings. The van der Waals surface area contributed by atoms with Crippen molar-refractivity contribution >= 4 is 62.1 Å². The van der Waals surface area contributed by atoms with Gasteiger partial charge in [-0.05, 0) is 35.6 Å². The summed E-state index contributed by atoms with van der Waals surface area (Å²) in [6, 6.07) is 5.59. The molecule has 0 nitrogen and oxygen atoms in total. The molecule has 0 saturated carbocycles. The van der Waals surface area contributed by atoms with Crippen LogP contribution in [0, 0.1) is 6.92 Å². The van der Waals surface area contributed by atoms with E-state index in [0.717, 1.165) is 21.0 Å². The van der Waals surface area contributed by atoms with Crippen molar-refractivity contribution in [1.82, 2.24) is 0 Å². The molecule has 0 aliphatic carbocycles. The van der Waals surface area contributed by atoms with Crippen LogP contribution in [-0.4, -0.2) is 0 Å². The first kappa shape index (κ1) is 13.7. The summed E-state index contributed by atoms with van der Waals surface area (Å²) in [7, 11) is 0. The lowest BCUT2D eigenvalue weighted by Crippen LogP contribution is -1.90. The van der Waals surface area contributed by atoms with E-state index in [1.807, 2.05) is 24.4 Å². The lowest BCUT2D eigenvalue weighted by Gasteiger charge is -2.10. The maximum absolute atomic E-state index is 6.25. The van der Waals surface area contributed by atoms with E-state index in [1.165, 1.54) is 0 Å². The number of hydrogen-bond acceptors (Lipinski definition) is 1. The van der Waals surface area contributed by atoms with Gasteiger partial charge >= 0.3 is 0 Å². The maximum atomic E-state index is 6.25. The van der Waals surface area contributed by atoms with Crippen LogP contribution in [0.25, 0.3) is 0 Å². The van der Waals surface area contributed by atoms with Crippen LogP contribution in [0.1, 0.15) is 20.8 Å². The Bertz CT molecular complexity index is 551. The summed E-state index contributed by atoms with van der Waals surface area (Å²) in [5.41, 5.74) is 2.14. The number of alkyl halides is 1. The number of hydrogen-bond donors (Lipinski definition) is 0. The Morgan fingerprint density at radius 2 is 1.88 bits per heavy atom. The van der Waals surface area contributed by atoms with Crippen LogP contribution in [0.5, 0.6) is 0 Å². The first-order valence-corrected chi connectivity index (χ1v) is 7.76. The molecule has 2 rings (SSSR count). The largest absolute Gasteiger partial charge is 0.145 e. The third-order valence-electron chi connectivity index (χ3n) is 2.39. The van der Waals surface area contributed by atoms with Crippen LogP contribution >= 0.6 is 62.1 Å². The zero-order valence-corrected chi connectivity index (χ0v) is 13.5. The zero-order valence-electron chi connectivity index (χ0n) is 8.81. The summed E-state index contributed by atoms with van der Waals surface area (Å²) in [6.45, 7) is 2.00. The highest BCUT2D eigenvalue weighted by Gasteiger charge is 2.17. The second-order valence-electron chi connectivity index (χ2n) is 3.63. The van der Waals surface area contributed by atoms with Crippen LogP contribution in [-0.2, 0) is 0 Å². The van der Waals surface area contributed by atoms with Gasteiger partial charge in [0.05, 0.1) is 19.9 Å². The summed E-state index contributed by atoms with van der Waals surface area (Å²) in [6.07, 6.45) is 0. The molecule has 1 heterocycles. The van der Waals surface area contributed by atoms with E-state index in [4.69, 9.17) is 34.8 Å². The second-order valence-corrected chi connectivity index (χ2v) is 6.65. The molecule has 0 aliphatic rings.